The molecule has 0 bridgehead atoms. The summed E-state index contributed by atoms with van der Waals surface area (Å²) in [6, 6.07) is 3.14. The normalized spacial score (nSPS) is 15.8. The summed E-state index contributed by atoms with van der Waals surface area (Å²) in [5, 5.41) is 0. The van der Waals surface area contributed by atoms with E-state index in [1.54, 1.807) is 26.0 Å². The van der Waals surface area contributed by atoms with Crippen LogP contribution in [0.2, 0.25) is 0 Å². The Bertz CT molecular complexity index is 692. The van der Waals surface area contributed by atoms with Crippen molar-refractivity contribution in [1.29, 1.82) is 0 Å². The molecule has 0 saturated carbocycles. The lowest BCUT2D eigenvalue weighted by molar-refractivity contribution is -0.136. The van der Waals surface area contributed by atoms with Crippen molar-refractivity contribution in [2.45, 2.75) is 51.5 Å². The molecule has 1 aliphatic heterocycles. The first kappa shape index (κ1) is 20.6. The SMILES string of the molecule is CCC(CC)C(=O)N1CCN(c2ccc(S(=O)(=O)NC(C)C)cn2)CC1. The molecular formula is C18H30N4O3S. The van der Waals surface area contributed by atoms with Gasteiger partial charge in [0.2, 0.25) is 15.9 Å². The van der Waals surface area contributed by atoms with Gasteiger partial charge in [-0.25, -0.2) is 18.1 Å². The second-order valence-electron chi connectivity index (χ2n) is 6.95. The van der Waals surface area contributed by atoms with Crippen LogP contribution in [-0.4, -0.2) is 56.4 Å². The predicted molar refractivity (Wildman–Crippen MR) is 103 cm³/mol. The standard InChI is InChI=1S/C18H30N4O3S/c1-5-15(6-2)18(23)22-11-9-21(10-12-22)17-8-7-16(13-19-17)26(24,25)20-14(3)4/h7-8,13-15,20H,5-6,9-12H2,1-4H3. The minimum Gasteiger partial charge on any atom is -0.353 e. The van der Waals surface area contributed by atoms with E-state index in [-0.39, 0.29) is 22.8 Å². The Kier molecular flexibility index (Phi) is 7.00. The number of piperazine rings is 1. The van der Waals surface area contributed by atoms with Gasteiger partial charge in [-0.3, -0.25) is 4.79 Å². The fraction of sp³-hybridized carbons (Fsp3) is 0.667. The maximum Gasteiger partial charge on any atom is 0.242 e. The van der Waals surface area contributed by atoms with Gasteiger partial charge in [-0.15, -0.1) is 0 Å². The lowest BCUT2D eigenvalue weighted by Crippen LogP contribution is -2.50. The number of hydrogen-bond donors (Lipinski definition) is 1. The highest BCUT2D eigenvalue weighted by molar-refractivity contribution is 7.89. The van der Waals surface area contributed by atoms with Gasteiger partial charge >= 0.3 is 0 Å². The Morgan fingerprint density at radius 2 is 1.77 bits per heavy atom. The molecule has 0 atom stereocenters. The maximum absolute atomic E-state index is 12.5. The largest absolute Gasteiger partial charge is 0.353 e. The molecular weight excluding hydrogens is 352 g/mol. The Morgan fingerprint density at radius 1 is 1.15 bits per heavy atom. The minimum atomic E-state index is -3.53. The molecule has 2 heterocycles. The van der Waals surface area contributed by atoms with Crippen molar-refractivity contribution in [1.82, 2.24) is 14.6 Å². The average Bonchev–Trinajstić information content (AvgIpc) is 2.62. The summed E-state index contributed by atoms with van der Waals surface area (Å²) < 4.78 is 26.9. The van der Waals surface area contributed by atoms with Gasteiger partial charge in [0.25, 0.3) is 0 Å². The third-order valence-electron chi connectivity index (χ3n) is 4.67. The van der Waals surface area contributed by atoms with E-state index in [1.165, 1.54) is 6.20 Å². The highest BCUT2D eigenvalue weighted by atomic mass is 32.2. The highest BCUT2D eigenvalue weighted by Crippen LogP contribution is 2.19. The molecule has 1 aliphatic rings. The van der Waals surface area contributed by atoms with E-state index in [0.717, 1.165) is 18.7 Å². The summed E-state index contributed by atoms with van der Waals surface area (Å²) in [6.07, 6.45) is 3.14. The van der Waals surface area contributed by atoms with E-state index in [9.17, 15) is 13.2 Å². The first-order valence-electron chi connectivity index (χ1n) is 9.30. The number of nitrogens with zero attached hydrogens (tertiary/aromatic N) is 3. The number of amides is 1. The number of carbonyl (C=O) groups excluding carboxylic acids is 1. The minimum absolute atomic E-state index is 0.109. The van der Waals surface area contributed by atoms with Crippen LogP contribution in [0.3, 0.4) is 0 Å². The zero-order valence-electron chi connectivity index (χ0n) is 16.1. The van der Waals surface area contributed by atoms with Crippen molar-refractivity contribution in [3.05, 3.63) is 18.3 Å². The van der Waals surface area contributed by atoms with Gasteiger partial charge in [0.15, 0.2) is 0 Å². The molecule has 0 aromatic carbocycles. The second-order valence-corrected chi connectivity index (χ2v) is 8.67. The smallest absolute Gasteiger partial charge is 0.242 e. The van der Waals surface area contributed by atoms with Crippen LogP contribution in [0, 0.1) is 5.92 Å². The fourth-order valence-corrected chi connectivity index (χ4v) is 4.34. The molecule has 1 aromatic rings. The van der Waals surface area contributed by atoms with Crippen molar-refractivity contribution in [3.63, 3.8) is 0 Å². The number of aromatic nitrogens is 1. The molecule has 0 radical (unpaired) electrons. The summed E-state index contributed by atoms with van der Waals surface area (Å²) >= 11 is 0. The quantitative estimate of drug-likeness (QED) is 0.778. The molecule has 2 rings (SSSR count). The van der Waals surface area contributed by atoms with Crippen molar-refractivity contribution >= 4 is 21.7 Å². The van der Waals surface area contributed by atoms with Crippen molar-refractivity contribution in [3.8, 4) is 0 Å². The number of pyridine rings is 1. The number of carbonyl (C=O) groups is 1. The lowest BCUT2D eigenvalue weighted by Gasteiger charge is -2.36. The van der Waals surface area contributed by atoms with Crippen molar-refractivity contribution < 1.29 is 13.2 Å². The summed E-state index contributed by atoms with van der Waals surface area (Å²) in [5.74, 6) is 1.09. The summed E-state index contributed by atoms with van der Waals surface area (Å²) in [4.78, 5) is 21.0. The second kappa shape index (κ2) is 8.81. The van der Waals surface area contributed by atoms with Crippen LogP contribution in [0.15, 0.2) is 23.2 Å². The topological polar surface area (TPSA) is 82.6 Å². The van der Waals surface area contributed by atoms with Crippen LogP contribution in [0.25, 0.3) is 0 Å². The van der Waals surface area contributed by atoms with Crippen LogP contribution < -0.4 is 9.62 Å². The summed E-state index contributed by atoms with van der Waals surface area (Å²) in [5.41, 5.74) is 0. The Labute approximate surface area is 156 Å². The van der Waals surface area contributed by atoms with E-state index >= 15 is 0 Å². The van der Waals surface area contributed by atoms with E-state index in [4.69, 9.17) is 0 Å². The Morgan fingerprint density at radius 3 is 2.23 bits per heavy atom. The van der Waals surface area contributed by atoms with E-state index in [0.29, 0.717) is 26.2 Å². The van der Waals surface area contributed by atoms with Crippen LogP contribution in [0.4, 0.5) is 5.82 Å². The summed E-state index contributed by atoms with van der Waals surface area (Å²) in [6.45, 7) is 10.4. The molecule has 1 N–H and O–H groups in total. The van der Waals surface area contributed by atoms with E-state index in [1.807, 2.05) is 4.90 Å². The third kappa shape index (κ3) is 4.94. The zero-order valence-corrected chi connectivity index (χ0v) is 16.9. The van der Waals surface area contributed by atoms with E-state index in [2.05, 4.69) is 28.5 Å². The van der Waals surface area contributed by atoms with Gasteiger partial charge in [-0.05, 0) is 38.8 Å². The molecule has 7 nitrogen and oxygen atoms in total. The number of anilines is 1. The molecule has 1 saturated heterocycles. The summed E-state index contributed by atoms with van der Waals surface area (Å²) in [7, 11) is -3.53. The van der Waals surface area contributed by atoms with Gasteiger partial charge in [0, 0.05) is 44.3 Å². The number of sulfonamides is 1. The number of hydrogen-bond acceptors (Lipinski definition) is 5. The predicted octanol–water partition coefficient (Wildman–Crippen LogP) is 1.85. The number of nitrogens with one attached hydrogen (secondary N) is 1. The lowest BCUT2D eigenvalue weighted by atomic mass is 10.0. The first-order valence-corrected chi connectivity index (χ1v) is 10.8. The van der Waals surface area contributed by atoms with Crippen LogP contribution in [0.5, 0.6) is 0 Å². The van der Waals surface area contributed by atoms with Crippen LogP contribution in [-0.2, 0) is 14.8 Å². The molecule has 26 heavy (non-hydrogen) atoms. The van der Waals surface area contributed by atoms with Gasteiger partial charge in [0.05, 0.1) is 0 Å². The van der Waals surface area contributed by atoms with Gasteiger partial charge in [0.1, 0.15) is 10.7 Å². The monoisotopic (exact) mass is 382 g/mol. The number of rotatable bonds is 7. The van der Waals surface area contributed by atoms with Crippen molar-refractivity contribution in [2.24, 2.45) is 5.92 Å². The molecule has 0 unspecified atom stereocenters. The van der Waals surface area contributed by atoms with E-state index < -0.39 is 10.0 Å². The van der Waals surface area contributed by atoms with Gasteiger partial charge < -0.3 is 9.80 Å². The maximum atomic E-state index is 12.5. The van der Waals surface area contributed by atoms with Crippen LogP contribution in [0.1, 0.15) is 40.5 Å². The van der Waals surface area contributed by atoms with Gasteiger partial charge in [-0.2, -0.15) is 0 Å². The molecule has 1 amide bonds. The molecule has 0 spiro atoms. The molecule has 1 fully saturated rings. The zero-order chi connectivity index (χ0) is 19.3. The molecule has 146 valence electrons. The fourth-order valence-electron chi connectivity index (χ4n) is 3.15. The average molecular weight is 383 g/mol. The molecule has 0 aliphatic carbocycles. The van der Waals surface area contributed by atoms with Crippen LogP contribution >= 0.6 is 0 Å². The van der Waals surface area contributed by atoms with Gasteiger partial charge in [-0.1, -0.05) is 13.8 Å². The van der Waals surface area contributed by atoms with Crippen molar-refractivity contribution in [2.75, 3.05) is 31.1 Å². The molecule has 8 heteroatoms. The first-order chi connectivity index (χ1) is 12.3. The Hall–Kier alpha value is -1.67. The highest BCUT2D eigenvalue weighted by Gasteiger charge is 2.26. The molecule has 1 aromatic heterocycles. The Balaban J connectivity index is 1.99. The third-order valence-corrected chi connectivity index (χ3v) is 6.32.